The van der Waals surface area contributed by atoms with Crippen LogP contribution in [0.15, 0.2) is 133 Å². The predicted molar refractivity (Wildman–Crippen MR) is 157 cm³/mol. The van der Waals surface area contributed by atoms with Crippen molar-refractivity contribution < 1.29 is 0 Å². The maximum Gasteiger partial charge on any atom is 0.0463 e. The lowest BCUT2D eigenvalue weighted by Gasteiger charge is -2.29. The second-order valence-corrected chi connectivity index (χ2v) is 8.90. The van der Waals surface area contributed by atoms with Crippen LogP contribution >= 0.6 is 0 Å². The van der Waals surface area contributed by atoms with Gasteiger partial charge in [-0.3, -0.25) is 0 Å². The van der Waals surface area contributed by atoms with Crippen molar-refractivity contribution in [3.05, 3.63) is 133 Å². The van der Waals surface area contributed by atoms with Crippen LogP contribution in [0.2, 0.25) is 0 Å². The fourth-order valence-electron chi connectivity index (χ4n) is 4.30. The van der Waals surface area contributed by atoms with Crippen molar-refractivity contribution in [1.82, 2.24) is 0 Å². The Bertz CT molecular complexity index is 1400. The van der Waals surface area contributed by atoms with Crippen LogP contribution in [0, 0.1) is 0 Å². The Morgan fingerprint density at radius 3 is 1.19 bits per heavy atom. The summed E-state index contributed by atoms with van der Waals surface area (Å²) >= 11 is 0. The second-order valence-electron chi connectivity index (χ2n) is 8.90. The van der Waals surface area contributed by atoms with E-state index in [0.717, 1.165) is 56.9 Å². The molecule has 8 N–H and O–H groups in total. The van der Waals surface area contributed by atoms with Crippen molar-refractivity contribution in [2.24, 2.45) is 5.73 Å². The fourth-order valence-corrected chi connectivity index (χ4v) is 4.30. The van der Waals surface area contributed by atoms with E-state index in [1.54, 1.807) is 0 Å². The predicted octanol–water partition coefficient (Wildman–Crippen LogP) is 6.73. The number of nitrogens with zero attached hydrogens (tertiary/aromatic N) is 2. The Labute approximate surface area is 217 Å². The van der Waals surface area contributed by atoms with E-state index in [0.29, 0.717) is 6.42 Å². The number of allylic oxidation sites excluding steroid dienone is 4. The lowest BCUT2D eigenvalue weighted by Crippen LogP contribution is -2.15. The zero-order valence-corrected chi connectivity index (χ0v) is 20.5. The van der Waals surface area contributed by atoms with Crippen molar-refractivity contribution in [2.45, 2.75) is 6.42 Å². The summed E-state index contributed by atoms with van der Waals surface area (Å²) in [7, 11) is 0. The average molecular weight is 487 g/mol. The van der Waals surface area contributed by atoms with Crippen LogP contribution in [-0.2, 0) is 0 Å². The highest BCUT2D eigenvalue weighted by Gasteiger charge is 2.16. The lowest BCUT2D eigenvalue weighted by molar-refractivity contribution is 1.17. The molecule has 0 heterocycles. The van der Waals surface area contributed by atoms with Crippen LogP contribution in [0.4, 0.5) is 45.5 Å². The number of rotatable bonds is 6. The molecular weight excluding hydrogens is 456 g/mol. The highest BCUT2D eigenvalue weighted by molar-refractivity contribution is 5.80. The van der Waals surface area contributed by atoms with E-state index in [-0.39, 0.29) is 0 Å². The number of nitrogens with two attached hydrogens (primary N) is 4. The van der Waals surface area contributed by atoms with Gasteiger partial charge >= 0.3 is 0 Å². The lowest BCUT2D eigenvalue weighted by atomic mass is 10.1. The van der Waals surface area contributed by atoms with Crippen LogP contribution in [0.5, 0.6) is 0 Å². The summed E-state index contributed by atoms with van der Waals surface area (Å²) in [4.78, 5) is 4.36. The molecule has 37 heavy (non-hydrogen) atoms. The molecule has 0 amide bonds. The summed E-state index contributed by atoms with van der Waals surface area (Å²) in [5.74, 6) is 0. The van der Waals surface area contributed by atoms with E-state index < -0.39 is 0 Å². The highest BCUT2D eigenvalue weighted by Crippen LogP contribution is 2.38. The van der Waals surface area contributed by atoms with Crippen molar-refractivity contribution in [2.75, 3.05) is 27.0 Å². The van der Waals surface area contributed by atoms with Gasteiger partial charge in [-0.05, 0) is 115 Å². The third-order valence-electron chi connectivity index (χ3n) is 6.19. The second kappa shape index (κ2) is 10.3. The third-order valence-corrected chi connectivity index (χ3v) is 6.19. The first-order valence-electron chi connectivity index (χ1n) is 12.1. The minimum absolute atomic E-state index is 0.715. The van der Waals surface area contributed by atoms with Gasteiger partial charge < -0.3 is 32.7 Å². The average Bonchev–Trinajstić information content (AvgIpc) is 3.13. The molecule has 1 aliphatic carbocycles. The summed E-state index contributed by atoms with van der Waals surface area (Å²) in [6.07, 6.45) is 8.88. The molecule has 6 heteroatoms. The Hall–Kier alpha value is -5.10. The summed E-state index contributed by atoms with van der Waals surface area (Å²) in [6.45, 7) is 0. The number of nitrogen functional groups attached to an aromatic ring is 3. The van der Waals surface area contributed by atoms with E-state index in [9.17, 15) is 0 Å². The number of hydrogen-bond acceptors (Lipinski definition) is 6. The van der Waals surface area contributed by atoms with E-state index in [1.165, 1.54) is 0 Å². The molecule has 4 aromatic carbocycles. The third kappa shape index (κ3) is 5.28. The summed E-state index contributed by atoms with van der Waals surface area (Å²) in [6, 6.07) is 32.0. The largest absolute Gasteiger partial charge is 0.402 e. The van der Waals surface area contributed by atoms with Crippen molar-refractivity contribution in [1.29, 1.82) is 0 Å². The monoisotopic (exact) mass is 486 g/mol. The first-order valence-corrected chi connectivity index (χ1v) is 12.1. The van der Waals surface area contributed by atoms with Gasteiger partial charge in [0.1, 0.15) is 0 Å². The van der Waals surface area contributed by atoms with Gasteiger partial charge in [0, 0.05) is 63.3 Å². The van der Waals surface area contributed by atoms with Gasteiger partial charge in [0.15, 0.2) is 0 Å². The zero-order valence-electron chi connectivity index (χ0n) is 20.5. The summed E-state index contributed by atoms with van der Waals surface area (Å²) in [5.41, 5.74) is 33.0. The van der Waals surface area contributed by atoms with Gasteiger partial charge in [-0.15, -0.1) is 0 Å². The highest BCUT2D eigenvalue weighted by atomic mass is 15.2. The first kappa shape index (κ1) is 23.6. The van der Waals surface area contributed by atoms with Crippen LogP contribution in [0.1, 0.15) is 6.42 Å². The van der Waals surface area contributed by atoms with E-state index in [4.69, 9.17) is 22.9 Å². The van der Waals surface area contributed by atoms with Gasteiger partial charge in [0.25, 0.3) is 0 Å². The van der Waals surface area contributed by atoms with Crippen molar-refractivity contribution >= 4 is 45.5 Å². The Morgan fingerprint density at radius 2 is 0.784 bits per heavy atom. The maximum absolute atomic E-state index is 6.09. The molecule has 0 saturated carbocycles. The molecule has 0 spiro atoms. The van der Waals surface area contributed by atoms with E-state index >= 15 is 0 Å². The Balaban J connectivity index is 1.57. The standard InChI is InChI=1S/C31H30N6/c32-22-2-1-3-26(11-4-22)36(27-12-5-23(33)6-13-27)30-18-20-31(21-19-30)37(28-14-7-24(34)8-15-28)29-16-9-25(35)10-17-29/h1,3-21H,2,32-35H2. The molecule has 1 aliphatic rings. The molecule has 0 fully saturated rings. The maximum atomic E-state index is 6.09. The molecular formula is C31H30N6. The normalized spacial score (nSPS) is 12.9. The van der Waals surface area contributed by atoms with Crippen LogP contribution in [0.3, 0.4) is 0 Å². The number of benzene rings is 4. The van der Waals surface area contributed by atoms with Gasteiger partial charge in [-0.25, -0.2) is 0 Å². The van der Waals surface area contributed by atoms with Gasteiger partial charge in [0.05, 0.1) is 0 Å². The molecule has 0 aliphatic heterocycles. The fraction of sp³-hybridized carbons (Fsp3) is 0.0323. The molecule has 4 aromatic rings. The zero-order chi connectivity index (χ0) is 25.8. The molecule has 6 nitrogen and oxygen atoms in total. The molecule has 0 bridgehead atoms. The molecule has 0 aromatic heterocycles. The molecule has 0 atom stereocenters. The Kier molecular flexibility index (Phi) is 6.55. The van der Waals surface area contributed by atoms with E-state index in [2.05, 4.69) is 46.2 Å². The van der Waals surface area contributed by atoms with Crippen molar-refractivity contribution in [3.63, 3.8) is 0 Å². The van der Waals surface area contributed by atoms with Crippen LogP contribution in [-0.4, -0.2) is 0 Å². The molecule has 184 valence electrons. The van der Waals surface area contributed by atoms with Gasteiger partial charge in [-0.2, -0.15) is 0 Å². The van der Waals surface area contributed by atoms with E-state index in [1.807, 2.05) is 84.9 Å². The molecule has 0 radical (unpaired) electrons. The van der Waals surface area contributed by atoms with Gasteiger partial charge in [0.2, 0.25) is 0 Å². The number of hydrogen-bond donors (Lipinski definition) is 4. The molecule has 0 saturated heterocycles. The topological polar surface area (TPSA) is 111 Å². The molecule has 0 unspecified atom stereocenters. The number of anilines is 8. The summed E-state index contributed by atoms with van der Waals surface area (Å²) in [5, 5.41) is 0. The minimum Gasteiger partial charge on any atom is -0.402 e. The Morgan fingerprint density at radius 1 is 0.432 bits per heavy atom. The smallest absolute Gasteiger partial charge is 0.0463 e. The van der Waals surface area contributed by atoms with Crippen LogP contribution in [0.25, 0.3) is 0 Å². The quantitative estimate of drug-likeness (QED) is 0.225. The van der Waals surface area contributed by atoms with Crippen molar-refractivity contribution in [3.8, 4) is 0 Å². The van der Waals surface area contributed by atoms with Crippen LogP contribution < -0.4 is 32.7 Å². The SMILES string of the molecule is NC1=CC=C(N(c2ccc(N)cc2)c2ccc(N(c3ccc(N)cc3)c3ccc(N)cc3)cc2)C=CC1. The molecule has 5 rings (SSSR count). The summed E-state index contributed by atoms with van der Waals surface area (Å²) < 4.78 is 0. The van der Waals surface area contributed by atoms with Gasteiger partial charge in [-0.1, -0.05) is 6.08 Å². The minimum atomic E-state index is 0.715. The first-order chi connectivity index (χ1) is 18.0.